The Hall–Kier alpha value is -0.330. The van der Waals surface area contributed by atoms with Gasteiger partial charge in [0.05, 0.1) is 5.54 Å². The van der Waals surface area contributed by atoms with Gasteiger partial charge in [-0.1, -0.05) is 28.1 Å². The van der Waals surface area contributed by atoms with E-state index in [0.29, 0.717) is 6.04 Å². The molecule has 0 bridgehead atoms. The molecule has 1 saturated heterocycles. The zero-order chi connectivity index (χ0) is 15.0. The van der Waals surface area contributed by atoms with Crippen molar-refractivity contribution in [1.29, 1.82) is 0 Å². The van der Waals surface area contributed by atoms with Crippen molar-refractivity contribution in [3.8, 4) is 0 Å². The Morgan fingerprint density at radius 1 is 1.13 bits per heavy atom. The largest absolute Gasteiger partial charge is 0.339 e. The van der Waals surface area contributed by atoms with Crippen molar-refractivity contribution in [2.45, 2.75) is 31.3 Å². The summed E-state index contributed by atoms with van der Waals surface area (Å²) in [6.07, 6.45) is 1.70. The van der Waals surface area contributed by atoms with Crippen LogP contribution in [0.1, 0.15) is 31.4 Å². The molecule has 1 aliphatic carbocycles. The van der Waals surface area contributed by atoms with Crippen LogP contribution in [0.25, 0.3) is 0 Å². The Kier molecular flexibility index (Phi) is 7.36. The molecule has 1 atom stereocenters. The van der Waals surface area contributed by atoms with Crippen LogP contribution in [0.2, 0.25) is 0 Å². The predicted molar refractivity (Wildman–Crippen MR) is 101 cm³/mol. The standard InChI is InChI=1S/C16H22BrN3O.2ClH/c1-12(13-2-4-14(17)5-3-13)19-8-10-20(11-9-19)15(21)16(18)6-7-16;;/h2-5,12H,6-11,18H2,1H3;2*1H. The van der Waals surface area contributed by atoms with E-state index in [1.165, 1.54) is 5.56 Å². The van der Waals surface area contributed by atoms with Gasteiger partial charge in [0, 0.05) is 36.7 Å². The first kappa shape index (κ1) is 20.7. The number of hydrogen-bond donors (Lipinski definition) is 1. The van der Waals surface area contributed by atoms with Crippen molar-refractivity contribution in [3.05, 3.63) is 34.3 Å². The lowest BCUT2D eigenvalue weighted by molar-refractivity contribution is -0.135. The summed E-state index contributed by atoms with van der Waals surface area (Å²) >= 11 is 3.47. The molecule has 1 aliphatic heterocycles. The second-order valence-corrected chi connectivity index (χ2v) is 7.13. The molecule has 3 rings (SSSR count). The first-order valence-electron chi connectivity index (χ1n) is 7.57. The van der Waals surface area contributed by atoms with E-state index in [1.54, 1.807) is 0 Å². The van der Waals surface area contributed by atoms with E-state index in [-0.39, 0.29) is 30.7 Å². The first-order chi connectivity index (χ1) is 9.99. The molecule has 4 nitrogen and oxygen atoms in total. The normalized spacial score (nSPS) is 20.9. The third-order valence-electron chi connectivity index (χ3n) is 4.72. The quantitative estimate of drug-likeness (QED) is 0.811. The number of benzene rings is 1. The number of amides is 1. The Morgan fingerprint density at radius 3 is 2.13 bits per heavy atom. The van der Waals surface area contributed by atoms with Gasteiger partial charge in [0.15, 0.2) is 0 Å². The lowest BCUT2D eigenvalue weighted by Crippen LogP contribution is -2.54. The molecule has 23 heavy (non-hydrogen) atoms. The zero-order valence-electron chi connectivity index (χ0n) is 13.2. The van der Waals surface area contributed by atoms with Gasteiger partial charge in [0.25, 0.3) is 0 Å². The van der Waals surface area contributed by atoms with E-state index in [0.717, 1.165) is 43.5 Å². The van der Waals surface area contributed by atoms with Crippen LogP contribution in [0, 0.1) is 0 Å². The highest BCUT2D eigenvalue weighted by atomic mass is 79.9. The molecule has 7 heteroatoms. The molecule has 1 aromatic rings. The van der Waals surface area contributed by atoms with Crippen LogP contribution < -0.4 is 5.73 Å². The second-order valence-electron chi connectivity index (χ2n) is 6.21. The van der Waals surface area contributed by atoms with Crippen molar-refractivity contribution in [2.75, 3.05) is 26.2 Å². The maximum atomic E-state index is 12.2. The molecule has 1 amide bonds. The zero-order valence-corrected chi connectivity index (χ0v) is 16.4. The Labute approximate surface area is 158 Å². The molecule has 2 N–H and O–H groups in total. The van der Waals surface area contributed by atoms with Crippen LogP contribution in [-0.4, -0.2) is 47.4 Å². The summed E-state index contributed by atoms with van der Waals surface area (Å²) in [4.78, 5) is 16.6. The molecular formula is C16H24BrCl2N3O. The van der Waals surface area contributed by atoms with Gasteiger partial charge in [-0.3, -0.25) is 9.69 Å². The maximum Gasteiger partial charge on any atom is 0.242 e. The van der Waals surface area contributed by atoms with Crippen molar-refractivity contribution in [1.82, 2.24) is 9.80 Å². The van der Waals surface area contributed by atoms with E-state index in [9.17, 15) is 4.79 Å². The number of carbonyl (C=O) groups excluding carboxylic acids is 1. The smallest absolute Gasteiger partial charge is 0.242 e. The molecule has 0 radical (unpaired) electrons. The summed E-state index contributed by atoms with van der Waals surface area (Å²) in [6, 6.07) is 8.85. The number of halogens is 3. The van der Waals surface area contributed by atoms with Gasteiger partial charge in [-0.2, -0.15) is 0 Å². The lowest BCUT2D eigenvalue weighted by atomic mass is 10.1. The molecule has 1 aromatic carbocycles. The van der Waals surface area contributed by atoms with Crippen molar-refractivity contribution < 1.29 is 4.79 Å². The predicted octanol–water partition coefficient (Wildman–Crippen LogP) is 2.99. The molecule has 0 spiro atoms. The molecule has 130 valence electrons. The third kappa shape index (κ3) is 4.60. The minimum Gasteiger partial charge on any atom is -0.339 e. The summed E-state index contributed by atoms with van der Waals surface area (Å²) in [5.41, 5.74) is 6.80. The van der Waals surface area contributed by atoms with Crippen LogP contribution in [0.5, 0.6) is 0 Å². The highest BCUT2D eigenvalue weighted by Gasteiger charge is 2.48. The highest BCUT2D eigenvalue weighted by Crippen LogP contribution is 2.34. The summed E-state index contributed by atoms with van der Waals surface area (Å²) in [6.45, 7) is 5.64. The van der Waals surface area contributed by atoms with E-state index < -0.39 is 5.54 Å². The number of rotatable bonds is 3. The monoisotopic (exact) mass is 423 g/mol. The highest BCUT2D eigenvalue weighted by molar-refractivity contribution is 9.10. The summed E-state index contributed by atoms with van der Waals surface area (Å²) in [5.74, 6) is 0.151. The number of piperazine rings is 1. The van der Waals surface area contributed by atoms with Crippen LogP contribution in [0.3, 0.4) is 0 Å². The van der Waals surface area contributed by atoms with Crippen LogP contribution in [0.4, 0.5) is 0 Å². The topological polar surface area (TPSA) is 49.6 Å². The first-order valence-corrected chi connectivity index (χ1v) is 8.37. The SMILES string of the molecule is CC(c1ccc(Br)cc1)N1CCN(C(=O)C2(N)CC2)CC1.Cl.Cl. The van der Waals surface area contributed by atoms with E-state index >= 15 is 0 Å². The average Bonchev–Trinajstić information content (AvgIpc) is 3.26. The number of hydrogen-bond acceptors (Lipinski definition) is 3. The van der Waals surface area contributed by atoms with Gasteiger partial charge < -0.3 is 10.6 Å². The summed E-state index contributed by atoms with van der Waals surface area (Å²) < 4.78 is 1.10. The van der Waals surface area contributed by atoms with E-state index in [1.807, 2.05) is 4.90 Å². The molecule has 1 saturated carbocycles. The Bertz CT molecular complexity index is 529. The fraction of sp³-hybridized carbons (Fsp3) is 0.562. The van der Waals surface area contributed by atoms with Crippen LogP contribution in [-0.2, 0) is 4.79 Å². The average molecular weight is 425 g/mol. The molecule has 2 fully saturated rings. The van der Waals surface area contributed by atoms with E-state index in [2.05, 4.69) is 52.0 Å². The van der Waals surface area contributed by atoms with Gasteiger partial charge in [-0.15, -0.1) is 24.8 Å². The van der Waals surface area contributed by atoms with Crippen molar-refractivity contribution in [2.24, 2.45) is 5.73 Å². The van der Waals surface area contributed by atoms with Crippen LogP contribution in [0.15, 0.2) is 28.7 Å². The van der Waals surface area contributed by atoms with Gasteiger partial charge in [-0.25, -0.2) is 0 Å². The van der Waals surface area contributed by atoms with E-state index in [4.69, 9.17) is 5.73 Å². The van der Waals surface area contributed by atoms with Gasteiger partial charge in [0.1, 0.15) is 0 Å². The van der Waals surface area contributed by atoms with Gasteiger partial charge >= 0.3 is 0 Å². The molecule has 1 unspecified atom stereocenters. The van der Waals surface area contributed by atoms with Crippen molar-refractivity contribution in [3.63, 3.8) is 0 Å². The van der Waals surface area contributed by atoms with Crippen LogP contribution >= 0.6 is 40.7 Å². The fourth-order valence-corrected chi connectivity index (χ4v) is 3.19. The van der Waals surface area contributed by atoms with Gasteiger partial charge in [0.2, 0.25) is 5.91 Å². The molecule has 1 heterocycles. The summed E-state index contributed by atoms with van der Waals surface area (Å²) in [5, 5.41) is 0. The Morgan fingerprint density at radius 2 is 1.65 bits per heavy atom. The number of nitrogens with two attached hydrogens (primary N) is 1. The maximum absolute atomic E-state index is 12.2. The second kappa shape index (κ2) is 8.17. The van der Waals surface area contributed by atoms with Crippen molar-refractivity contribution >= 4 is 46.7 Å². The Balaban J connectivity index is 0.00000132. The molecular weight excluding hydrogens is 401 g/mol. The lowest BCUT2D eigenvalue weighted by Gasteiger charge is -2.39. The molecule has 2 aliphatic rings. The summed E-state index contributed by atoms with van der Waals surface area (Å²) in [7, 11) is 0. The number of carbonyl (C=O) groups is 1. The fourth-order valence-electron chi connectivity index (χ4n) is 2.93. The number of nitrogens with zero attached hydrogens (tertiary/aromatic N) is 2. The minimum atomic E-state index is -0.528. The van der Waals surface area contributed by atoms with Gasteiger partial charge in [-0.05, 0) is 37.5 Å². The minimum absolute atomic E-state index is 0. The third-order valence-corrected chi connectivity index (χ3v) is 5.24. The molecule has 0 aromatic heterocycles.